The van der Waals surface area contributed by atoms with Gasteiger partial charge in [-0.15, -0.1) is 13.3 Å². The number of hydrogen-bond acceptors (Lipinski definition) is 0. The third kappa shape index (κ3) is 9.34. The third-order valence-corrected chi connectivity index (χ3v) is 4.32. The standard InChI is InChI=1S/C10H12F4N.C10H19N2.2ClH/c1-3-4-5-15-9(13)7(11)6(2)8(12)10(15)14;1-3-4-5-6-7-12-9-8-11(2)10-12;;/h3-5H2,1-2H3;8-10H,3-7H2,1-2H3;2*1H/q2*+1;;/p-2. The van der Waals surface area contributed by atoms with E-state index < -0.39 is 29.1 Å². The van der Waals surface area contributed by atoms with E-state index >= 15 is 0 Å². The Hall–Kier alpha value is -1.34. The number of pyridine rings is 1. The molecular weight excluding hydrogens is 429 g/mol. The molecule has 3 nitrogen and oxygen atoms in total. The Bertz CT molecular complexity index is 695. The van der Waals surface area contributed by atoms with E-state index in [9.17, 15) is 17.6 Å². The molecule has 29 heavy (non-hydrogen) atoms. The Kier molecular flexibility index (Phi) is 16.0. The van der Waals surface area contributed by atoms with Gasteiger partial charge in [-0.25, -0.2) is 9.13 Å². The summed E-state index contributed by atoms with van der Waals surface area (Å²) in [7, 11) is 2.06. The lowest BCUT2D eigenvalue weighted by Crippen LogP contribution is -3.00. The predicted octanol–water partition coefficient (Wildman–Crippen LogP) is -1.46. The van der Waals surface area contributed by atoms with Gasteiger partial charge in [0.1, 0.15) is 12.4 Å². The van der Waals surface area contributed by atoms with Crippen molar-refractivity contribution >= 4 is 0 Å². The Morgan fingerprint density at radius 3 is 1.86 bits per heavy atom. The molecule has 2 rings (SSSR count). The van der Waals surface area contributed by atoms with Crippen LogP contribution in [0.1, 0.15) is 57.9 Å². The first-order valence-electron chi connectivity index (χ1n) is 9.56. The first kappa shape index (κ1) is 29.9. The molecule has 0 saturated carbocycles. The second-order valence-corrected chi connectivity index (χ2v) is 6.72. The first-order chi connectivity index (χ1) is 12.8. The van der Waals surface area contributed by atoms with E-state index in [1.54, 1.807) is 0 Å². The number of imidazole rings is 1. The van der Waals surface area contributed by atoms with Crippen LogP contribution in [0.5, 0.6) is 0 Å². The largest absolute Gasteiger partial charge is 1.00 e. The molecule has 0 atom stereocenters. The van der Waals surface area contributed by atoms with Crippen LogP contribution in [0.25, 0.3) is 0 Å². The van der Waals surface area contributed by atoms with Gasteiger partial charge in [-0.2, -0.15) is 8.78 Å². The molecular formula is C20H31Cl2F4N3. The van der Waals surface area contributed by atoms with Crippen LogP contribution in [0.4, 0.5) is 17.6 Å². The molecule has 0 bridgehead atoms. The summed E-state index contributed by atoms with van der Waals surface area (Å²) in [5, 5.41) is 0. The highest BCUT2D eigenvalue weighted by atomic mass is 35.5. The lowest BCUT2D eigenvalue weighted by Gasteiger charge is -2.02. The normalized spacial score (nSPS) is 9.93. The Morgan fingerprint density at radius 2 is 1.41 bits per heavy atom. The molecule has 0 unspecified atom stereocenters. The average Bonchev–Trinajstić information content (AvgIpc) is 3.08. The fourth-order valence-corrected chi connectivity index (χ4v) is 2.60. The fourth-order valence-electron chi connectivity index (χ4n) is 2.60. The molecule has 0 amide bonds. The molecule has 0 aliphatic heterocycles. The second-order valence-electron chi connectivity index (χ2n) is 6.72. The van der Waals surface area contributed by atoms with Crippen LogP contribution >= 0.6 is 0 Å². The van der Waals surface area contributed by atoms with Gasteiger partial charge in [0.15, 0.2) is 6.54 Å². The van der Waals surface area contributed by atoms with Gasteiger partial charge in [0.25, 0.3) is 0 Å². The number of aryl methyl sites for hydroxylation is 2. The number of aromatic nitrogens is 3. The van der Waals surface area contributed by atoms with E-state index in [0.717, 1.165) is 6.92 Å². The van der Waals surface area contributed by atoms with Crippen LogP contribution in [0.3, 0.4) is 0 Å². The molecule has 2 aromatic heterocycles. The van der Waals surface area contributed by atoms with E-state index in [4.69, 9.17) is 0 Å². The monoisotopic (exact) mass is 459 g/mol. The number of halogens is 6. The fraction of sp³-hybridized carbons (Fsp3) is 0.600. The van der Waals surface area contributed by atoms with Crippen molar-refractivity contribution in [3.63, 3.8) is 0 Å². The molecule has 2 aromatic rings. The zero-order valence-electron chi connectivity index (χ0n) is 17.5. The summed E-state index contributed by atoms with van der Waals surface area (Å²) in [5.41, 5.74) is -0.627. The van der Waals surface area contributed by atoms with Crippen LogP contribution in [-0.4, -0.2) is 4.57 Å². The van der Waals surface area contributed by atoms with Gasteiger partial charge < -0.3 is 24.8 Å². The maximum atomic E-state index is 13.2. The molecule has 0 aliphatic carbocycles. The van der Waals surface area contributed by atoms with Crippen LogP contribution in [0.15, 0.2) is 18.7 Å². The van der Waals surface area contributed by atoms with Crippen LogP contribution < -0.4 is 33.9 Å². The summed E-state index contributed by atoms with van der Waals surface area (Å²) in [6.07, 6.45) is 12.8. The minimum absolute atomic E-state index is 0. The highest BCUT2D eigenvalue weighted by Crippen LogP contribution is 2.14. The van der Waals surface area contributed by atoms with Crippen LogP contribution in [0, 0.1) is 30.5 Å². The lowest BCUT2D eigenvalue weighted by molar-refractivity contribution is -0.753. The Morgan fingerprint density at radius 1 is 0.862 bits per heavy atom. The smallest absolute Gasteiger partial charge is 0.398 e. The van der Waals surface area contributed by atoms with E-state index in [1.165, 1.54) is 32.2 Å². The highest BCUT2D eigenvalue weighted by molar-refractivity contribution is 5.11. The van der Waals surface area contributed by atoms with Crippen molar-refractivity contribution in [3.8, 4) is 0 Å². The lowest BCUT2D eigenvalue weighted by atomic mass is 10.2. The molecule has 0 radical (unpaired) electrons. The van der Waals surface area contributed by atoms with E-state index in [-0.39, 0.29) is 31.4 Å². The third-order valence-electron chi connectivity index (χ3n) is 4.32. The minimum Gasteiger partial charge on any atom is -1.00 e. The second kappa shape index (κ2) is 15.5. The van der Waals surface area contributed by atoms with Crippen molar-refractivity contribution in [2.24, 2.45) is 7.05 Å². The Labute approximate surface area is 183 Å². The maximum Gasteiger partial charge on any atom is 0.398 e. The van der Waals surface area contributed by atoms with Crippen molar-refractivity contribution < 1.29 is 51.5 Å². The molecule has 168 valence electrons. The summed E-state index contributed by atoms with van der Waals surface area (Å²) in [6, 6.07) is 0. The van der Waals surface area contributed by atoms with Gasteiger partial charge in [-0.05, 0) is 19.8 Å². The van der Waals surface area contributed by atoms with E-state index in [0.29, 0.717) is 17.4 Å². The van der Waals surface area contributed by atoms with Gasteiger partial charge in [0.2, 0.25) is 18.0 Å². The molecule has 0 aliphatic rings. The zero-order chi connectivity index (χ0) is 20.4. The van der Waals surface area contributed by atoms with Crippen molar-refractivity contribution in [2.45, 2.75) is 72.4 Å². The van der Waals surface area contributed by atoms with Crippen molar-refractivity contribution in [3.05, 3.63) is 47.8 Å². The van der Waals surface area contributed by atoms with E-state index in [2.05, 4.69) is 41.8 Å². The van der Waals surface area contributed by atoms with Crippen LogP contribution in [-0.2, 0) is 20.1 Å². The topological polar surface area (TPSA) is 12.7 Å². The molecule has 0 N–H and O–H groups in total. The SMILES string of the molecule is CCCCCCn1cc[n+](C)c1.CCCC[n+]1c(F)c(F)c(C)c(F)c1F.[Cl-].[Cl-]. The number of unbranched alkanes of at least 4 members (excludes halogenated alkanes) is 4. The van der Waals surface area contributed by atoms with Gasteiger partial charge in [-0.1, -0.05) is 33.1 Å². The van der Waals surface area contributed by atoms with Crippen LogP contribution in [0.2, 0.25) is 0 Å². The van der Waals surface area contributed by atoms with Crippen molar-refractivity contribution in [2.75, 3.05) is 0 Å². The quantitative estimate of drug-likeness (QED) is 0.198. The number of hydrogen-bond donors (Lipinski definition) is 0. The first-order valence-corrected chi connectivity index (χ1v) is 9.56. The molecule has 9 heteroatoms. The predicted molar refractivity (Wildman–Crippen MR) is 95.9 cm³/mol. The minimum atomic E-state index is -1.35. The van der Waals surface area contributed by atoms with Crippen molar-refractivity contribution in [1.82, 2.24) is 4.57 Å². The molecule has 2 heterocycles. The van der Waals surface area contributed by atoms with Gasteiger partial charge in [0.05, 0.1) is 13.6 Å². The summed E-state index contributed by atoms with van der Waals surface area (Å²) in [4.78, 5) is 0. The summed E-state index contributed by atoms with van der Waals surface area (Å²) >= 11 is 0. The summed E-state index contributed by atoms with van der Waals surface area (Å²) in [6.45, 7) is 6.16. The summed E-state index contributed by atoms with van der Waals surface area (Å²) < 4.78 is 57.2. The molecule has 0 spiro atoms. The van der Waals surface area contributed by atoms with E-state index in [1.807, 2.05) is 6.92 Å². The summed E-state index contributed by atoms with van der Waals surface area (Å²) in [5.74, 6) is -5.35. The number of nitrogens with zero attached hydrogens (tertiary/aromatic N) is 3. The average molecular weight is 460 g/mol. The Balaban J connectivity index is 0. The van der Waals surface area contributed by atoms with Gasteiger partial charge in [0, 0.05) is 12.0 Å². The molecule has 0 saturated heterocycles. The number of rotatable bonds is 8. The van der Waals surface area contributed by atoms with Gasteiger partial charge in [-0.3, -0.25) is 0 Å². The molecule has 0 aromatic carbocycles. The van der Waals surface area contributed by atoms with Gasteiger partial charge >= 0.3 is 11.9 Å². The maximum absolute atomic E-state index is 13.2. The zero-order valence-corrected chi connectivity index (χ0v) is 19.0. The van der Waals surface area contributed by atoms with Crippen molar-refractivity contribution in [1.29, 1.82) is 0 Å². The molecule has 0 fully saturated rings. The highest BCUT2D eigenvalue weighted by Gasteiger charge is 2.30.